The number of benzene rings is 1. The van der Waals surface area contributed by atoms with Crippen LogP contribution in [0.5, 0.6) is 5.75 Å². The molecule has 0 aliphatic heterocycles. The summed E-state index contributed by atoms with van der Waals surface area (Å²) in [4.78, 5) is 11.2. The topological polar surface area (TPSA) is 46.5 Å². The minimum absolute atomic E-state index is 0.184. The highest BCUT2D eigenvalue weighted by Gasteiger charge is 2.19. The van der Waals surface area contributed by atoms with Crippen LogP contribution in [0.4, 0.5) is 0 Å². The maximum atomic E-state index is 11.2. The summed E-state index contributed by atoms with van der Waals surface area (Å²) < 4.78 is 5.85. The van der Waals surface area contributed by atoms with Gasteiger partial charge in [-0.25, -0.2) is 4.79 Å². The number of ether oxygens (including phenoxy) is 1. The Hall–Kier alpha value is -1.51. The first-order valence-electron chi connectivity index (χ1n) is 6.18. The van der Waals surface area contributed by atoms with Gasteiger partial charge in [-0.2, -0.15) is 0 Å². The minimum Gasteiger partial charge on any atom is -0.490 e. The SMILES string of the molecule is Cc1cccc(OC2CCCCC2)c1C(=O)O. The van der Waals surface area contributed by atoms with Crippen LogP contribution in [0.15, 0.2) is 18.2 Å². The molecular formula is C14H18O3. The second-order valence-corrected chi connectivity index (χ2v) is 4.63. The third-order valence-electron chi connectivity index (χ3n) is 3.29. The molecule has 0 saturated heterocycles. The van der Waals surface area contributed by atoms with Crippen molar-refractivity contribution in [2.45, 2.75) is 45.1 Å². The second kappa shape index (κ2) is 5.21. The number of aromatic carboxylic acids is 1. The summed E-state index contributed by atoms with van der Waals surface area (Å²) in [7, 11) is 0. The number of rotatable bonds is 3. The lowest BCUT2D eigenvalue weighted by atomic mass is 9.97. The van der Waals surface area contributed by atoms with Gasteiger partial charge < -0.3 is 9.84 Å². The van der Waals surface area contributed by atoms with E-state index in [9.17, 15) is 9.90 Å². The first-order valence-corrected chi connectivity index (χ1v) is 6.18. The molecule has 0 amide bonds. The average molecular weight is 234 g/mol. The number of carbonyl (C=O) groups is 1. The number of carboxylic acid groups (broad SMARTS) is 1. The van der Waals surface area contributed by atoms with E-state index in [1.807, 2.05) is 6.07 Å². The van der Waals surface area contributed by atoms with Gasteiger partial charge in [-0.1, -0.05) is 18.6 Å². The van der Waals surface area contributed by atoms with Gasteiger partial charge in [0.05, 0.1) is 6.10 Å². The quantitative estimate of drug-likeness (QED) is 0.871. The summed E-state index contributed by atoms with van der Waals surface area (Å²) in [6.45, 7) is 1.80. The van der Waals surface area contributed by atoms with Gasteiger partial charge in [0.2, 0.25) is 0 Å². The van der Waals surface area contributed by atoms with Crippen LogP contribution in [0.3, 0.4) is 0 Å². The molecule has 1 fully saturated rings. The summed E-state index contributed by atoms with van der Waals surface area (Å²) in [5, 5.41) is 9.20. The molecule has 1 aromatic carbocycles. The van der Waals surface area contributed by atoms with Crippen molar-refractivity contribution in [1.29, 1.82) is 0 Å². The predicted molar refractivity (Wildman–Crippen MR) is 65.6 cm³/mol. The van der Waals surface area contributed by atoms with Crippen LogP contribution in [-0.4, -0.2) is 17.2 Å². The Kier molecular flexibility index (Phi) is 3.67. The van der Waals surface area contributed by atoms with E-state index in [4.69, 9.17) is 4.74 Å². The van der Waals surface area contributed by atoms with Gasteiger partial charge in [0.15, 0.2) is 0 Å². The fourth-order valence-corrected chi connectivity index (χ4v) is 2.38. The van der Waals surface area contributed by atoms with Crippen molar-refractivity contribution in [1.82, 2.24) is 0 Å². The second-order valence-electron chi connectivity index (χ2n) is 4.63. The van der Waals surface area contributed by atoms with Crippen molar-refractivity contribution in [2.75, 3.05) is 0 Å². The molecule has 0 atom stereocenters. The largest absolute Gasteiger partial charge is 0.490 e. The molecule has 92 valence electrons. The molecule has 0 bridgehead atoms. The van der Waals surface area contributed by atoms with E-state index in [1.165, 1.54) is 19.3 Å². The standard InChI is InChI=1S/C14H18O3/c1-10-6-5-9-12(13(10)14(15)16)17-11-7-3-2-4-8-11/h5-6,9,11H,2-4,7-8H2,1H3,(H,15,16). The van der Waals surface area contributed by atoms with Crippen LogP contribution in [-0.2, 0) is 0 Å². The van der Waals surface area contributed by atoms with E-state index in [0.717, 1.165) is 18.4 Å². The number of hydrogen-bond donors (Lipinski definition) is 1. The fraction of sp³-hybridized carbons (Fsp3) is 0.500. The van der Waals surface area contributed by atoms with Crippen LogP contribution in [0.1, 0.15) is 48.0 Å². The molecule has 0 unspecified atom stereocenters. The molecule has 0 heterocycles. The monoisotopic (exact) mass is 234 g/mol. The van der Waals surface area contributed by atoms with Gasteiger partial charge in [-0.3, -0.25) is 0 Å². The Labute approximate surface area is 101 Å². The average Bonchev–Trinajstić information content (AvgIpc) is 2.30. The van der Waals surface area contributed by atoms with Crippen molar-refractivity contribution in [2.24, 2.45) is 0 Å². The van der Waals surface area contributed by atoms with Crippen molar-refractivity contribution in [3.05, 3.63) is 29.3 Å². The Morgan fingerprint density at radius 3 is 2.65 bits per heavy atom. The van der Waals surface area contributed by atoms with Gasteiger partial charge in [0.1, 0.15) is 11.3 Å². The molecule has 1 saturated carbocycles. The van der Waals surface area contributed by atoms with E-state index < -0.39 is 5.97 Å². The third-order valence-corrected chi connectivity index (χ3v) is 3.29. The maximum absolute atomic E-state index is 11.2. The molecular weight excluding hydrogens is 216 g/mol. The summed E-state index contributed by atoms with van der Waals surface area (Å²) >= 11 is 0. The van der Waals surface area contributed by atoms with E-state index in [1.54, 1.807) is 19.1 Å². The normalized spacial score (nSPS) is 16.8. The molecule has 1 N–H and O–H groups in total. The molecule has 0 spiro atoms. The lowest BCUT2D eigenvalue weighted by Crippen LogP contribution is -2.21. The Bertz CT molecular complexity index is 406. The molecule has 17 heavy (non-hydrogen) atoms. The highest BCUT2D eigenvalue weighted by molar-refractivity contribution is 5.92. The summed E-state index contributed by atoms with van der Waals surface area (Å²) in [6, 6.07) is 5.40. The van der Waals surface area contributed by atoms with Gasteiger partial charge in [0, 0.05) is 0 Å². The van der Waals surface area contributed by atoms with Crippen molar-refractivity contribution in [3.63, 3.8) is 0 Å². The smallest absolute Gasteiger partial charge is 0.339 e. The van der Waals surface area contributed by atoms with Gasteiger partial charge in [-0.05, 0) is 44.2 Å². The number of hydrogen-bond acceptors (Lipinski definition) is 2. The van der Waals surface area contributed by atoms with E-state index in [0.29, 0.717) is 11.3 Å². The Balaban J connectivity index is 2.19. The van der Waals surface area contributed by atoms with Crippen LogP contribution >= 0.6 is 0 Å². The zero-order chi connectivity index (χ0) is 12.3. The third kappa shape index (κ3) is 2.78. The van der Waals surface area contributed by atoms with Crippen molar-refractivity contribution >= 4 is 5.97 Å². The molecule has 1 aliphatic carbocycles. The van der Waals surface area contributed by atoms with Crippen molar-refractivity contribution < 1.29 is 14.6 Å². The summed E-state index contributed by atoms with van der Waals surface area (Å²) in [5.41, 5.74) is 1.06. The van der Waals surface area contributed by atoms with E-state index in [2.05, 4.69) is 0 Å². The summed E-state index contributed by atoms with van der Waals surface area (Å²) in [5.74, 6) is -0.390. The molecule has 3 nitrogen and oxygen atoms in total. The molecule has 3 heteroatoms. The van der Waals surface area contributed by atoms with Gasteiger partial charge >= 0.3 is 5.97 Å². The van der Waals surface area contributed by atoms with Crippen molar-refractivity contribution in [3.8, 4) is 5.75 Å². The number of aryl methyl sites for hydroxylation is 1. The summed E-state index contributed by atoms with van der Waals surface area (Å²) in [6.07, 6.45) is 5.88. The van der Waals surface area contributed by atoms with E-state index in [-0.39, 0.29) is 6.10 Å². The van der Waals surface area contributed by atoms with Gasteiger partial charge in [0.25, 0.3) is 0 Å². The first kappa shape index (κ1) is 12.0. The van der Waals surface area contributed by atoms with Crippen LogP contribution in [0, 0.1) is 6.92 Å². The lowest BCUT2D eigenvalue weighted by molar-refractivity contribution is 0.0685. The minimum atomic E-state index is -0.908. The molecule has 2 rings (SSSR count). The van der Waals surface area contributed by atoms with Crippen LogP contribution < -0.4 is 4.74 Å². The zero-order valence-corrected chi connectivity index (χ0v) is 10.1. The van der Waals surface area contributed by atoms with Crippen LogP contribution in [0.25, 0.3) is 0 Å². The fourth-order valence-electron chi connectivity index (χ4n) is 2.38. The highest BCUT2D eigenvalue weighted by Crippen LogP contribution is 2.27. The zero-order valence-electron chi connectivity index (χ0n) is 10.1. The van der Waals surface area contributed by atoms with Gasteiger partial charge in [-0.15, -0.1) is 0 Å². The lowest BCUT2D eigenvalue weighted by Gasteiger charge is -2.24. The van der Waals surface area contributed by atoms with Crippen LogP contribution in [0.2, 0.25) is 0 Å². The molecule has 1 aliphatic rings. The number of carboxylic acids is 1. The predicted octanol–water partition coefficient (Wildman–Crippen LogP) is 3.40. The molecule has 1 aromatic rings. The molecule has 0 radical (unpaired) electrons. The Morgan fingerprint density at radius 2 is 2.00 bits per heavy atom. The molecule has 0 aromatic heterocycles. The highest BCUT2D eigenvalue weighted by atomic mass is 16.5. The first-order chi connectivity index (χ1) is 8.18. The maximum Gasteiger partial charge on any atom is 0.339 e. The van der Waals surface area contributed by atoms with E-state index >= 15 is 0 Å². The Morgan fingerprint density at radius 1 is 1.29 bits per heavy atom.